The average molecular weight is 491 g/mol. The first-order valence-electron chi connectivity index (χ1n) is 7.54. The summed E-state index contributed by atoms with van der Waals surface area (Å²) in [4.78, 5) is 22.6. The Hall–Kier alpha value is -1.94. The maximum absolute atomic E-state index is 12.9. The number of nitro groups is 1. The first-order chi connectivity index (χ1) is 13.3. The number of carbonyl (C=O) groups is 1. The fourth-order valence-electron chi connectivity index (χ4n) is 2.14. The van der Waals surface area contributed by atoms with E-state index in [0.29, 0.717) is 6.07 Å². The predicted octanol–water partition coefficient (Wildman–Crippen LogP) is 5.81. The molecule has 2 N–H and O–H groups in total. The summed E-state index contributed by atoms with van der Waals surface area (Å²) in [5, 5.41) is 15.4. The van der Waals surface area contributed by atoms with Gasteiger partial charge in [-0.25, -0.2) is 0 Å². The summed E-state index contributed by atoms with van der Waals surface area (Å²) in [6.45, 7) is 0. The van der Waals surface area contributed by atoms with E-state index in [0.717, 1.165) is 18.2 Å². The van der Waals surface area contributed by atoms with Crippen LogP contribution in [0.2, 0.25) is 5.02 Å². The third kappa shape index (κ3) is 6.27. The van der Waals surface area contributed by atoms with Crippen molar-refractivity contribution in [3.63, 3.8) is 0 Å². The van der Waals surface area contributed by atoms with Gasteiger partial charge in [-0.05, 0) is 24.3 Å². The van der Waals surface area contributed by atoms with Gasteiger partial charge in [0, 0.05) is 17.7 Å². The highest BCUT2D eigenvalue weighted by molar-refractivity contribution is 6.68. The van der Waals surface area contributed by atoms with Crippen molar-refractivity contribution in [2.45, 2.75) is 16.1 Å². The molecule has 0 aromatic heterocycles. The van der Waals surface area contributed by atoms with E-state index in [9.17, 15) is 28.1 Å². The number of benzene rings is 2. The molecule has 0 fully saturated rings. The van der Waals surface area contributed by atoms with Crippen molar-refractivity contribution in [3.8, 4) is 0 Å². The fourth-order valence-corrected chi connectivity index (χ4v) is 2.64. The van der Waals surface area contributed by atoms with Gasteiger partial charge in [0.15, 0.2) is 0 Å². The number of non-ortho nitro benzene ring substituents is 1. The van der Waals surface area contributed by atoms with Gasteiger partial charge < -0.3 is 10.6 Å². The molecule has 156 valence electrons. The van der Waals surface area contributed by atoms with E-state index in [-0.39, 0.29) is 22.0 Å². The largest absolute Gasteiger partial charge is 0.416 e. The van der Waals surface area contributed by atoms with Gasteiger partial charge in [0.05, 0.1) is 21.2 Å². The normalized spacial score (nSPS) is 12.9. The number of anilines is 1. The van der Waals surface area contributed by atoms with Gasteiger partial charge >= 0.3 is 6.18 Å². The Bertz CT molecular complexity index is 936. The SMILES string of the molecule is O=C(N[C@@H](Nc1cc(C(F)(F)F)ccc1Cl)C(Cl)(Cl)Cl)c1cccc([N+](=O)[O-])c1. The van der Waals surface area contributed by atoms with E-state index in [1.807, 2.05) is 0 Å². The highest BCUT2D eigenvalue weighted by Crippen LogP contribution is 2.36. The molecule has 1 atom stereocenters. The molecule has 0 radical (unpaired) electrons. The Kier molecular flexibility index (Phi) is 7.10. The summed E-state index contributed by atoms with van der Waals surface area (Å²) in [7, 11) is 0. The lowest BCUT2D eigenvalue weighted by atomic mass is 10.1. The van der Waals surface area contributed by atoms with Crippen LogP contribution in [-0.4, -0.2) is 20.8 Å². The van der Waals surface area contributed by atoms with Gasteiger partial charge in [0.1, 0.15) is 6.17 Å². The van der Waals surface area contributed by atoms with E-state index in [4.69, 9.17) is 46.4 Å². The molecule has 0 aliphatic carbocycles. The number of carbonyl (C=O) groups excluding carboxylic acids is 1. The molecule has 0 heterocycles. The van der Waals surface area contributed by atoms with Crippen LogP contribution in [0, 0.1) is 10.1 Å². The Morgan fingerprint density at radius 2 is 1.76 bits per heavy atom. The third-order valence-corrected chi connectivity index (χ3v) is 4.50. The van der Waals surface area contributed by atoms with Crippen LogP contribution >= 0.6 is 46.4 Å². The summed E-state index contributed by atoms with van der Waals surface area (Å²) in [6.07, 6.45) is -6.18. The van der Waals surface area contributed by atoms with Gasteiger partial charge in [-0.1, -0.05) is 52.5 Å². The quantitative estimate of drug-likeness (QED) is 0.240. The van der Waals surface area contributed by atoms with Crippen molar-refractivity contribution in [2.75, 3.05) is 5.32 Å². The highest BCUT2D eigenvalue weighted by Gasteiger charge is 2.36. The van der Waals surface area contributed by atoms with Gasteiger partial charge in [-0.3, -0.25) is 14.9 Å². The van der Waals surface area contributed by atoms with E-state index in [1.54, 1.807) is 0 Å². The Labute approximate surface area is 182 Å². The first kappa shape index (κ1) is 23.3. The van der Waals surface area contributed by atoms with E-state index < -0.39 is 32.5 Å². The monoisotopic (exact) mass is 489 g/mol. The van der Waals surface area contributed by atoms with Crippen LogP contribution in [-0.2, 0) is 6.18 Å². The smallest absolute Gasteiger partial charge is 0.361 e. The minimum atomic E-state index is -4.65. The molecule has 2 rings (SSSR count). The molecule has 0 bridgehead atoms. The second-order valence-electron chi connectivity index (χ2n) is 5.59. The zero-order valence-corrected chi connectivity index (χ0v) is 17.0. The molecular weight excluding hydrogens is 481 g/mol. The number of hydrogen-bond donors (Lipinski definition) is 2. The first-order valence-corrected chi connectivity index (χ1v) is 9.05. The van der Waals surface area contributed by atoms with Crippen LogP contribution in [0.1, 0.15) is 15.9 Å². The highest BCUT2D eigenvalue weighted by atomic mass is 35.6. The van der Waals surface area contributed by atoms with Crippen LogP contribution < -0.4 is 10.6 Å². The topological polar surface area (TPSA) is 84.3 Å². The molecule has 1 amide bonds. The standard InChI is InChI=1S/C16H10Cl4F3N3O3/c17-11-5-4-9(16(21,22)23)7-12(11)24-14(15(18,19)20)25-13(27)8-2-1-3-10(6-8)26(28)29/h1-7,14,24H,(H,25,27)/t14-/m1/s1. The third-order valence-electron chi connectivity index (χ3n) is 3.52. The van der Waals surface area contributed by atoms with Crippen LogP contribution in [0.4, 0.5) is 24.5 Å². The Morgan fingerprint density at radius 3 is 2.31 bits per heavy atom. The molecule has 0 spiro atoms. The summed E-state index contributed by atoms with van der Waals surface area (Å²) < 4.78 is 36.6. The second-order valence-corrected chi connectivity index (χ2v) is 8.37. The molecule has 0 saturated carbocycles. The number of hydrogen-bond acceptors (Lipinski definition) is 4. The van der Waals surface area contributed by atoms with Crippen molar-refractivity contribution in [3.05, 3.63) is 68.7 Å². The Balaban J connectivity index is 2.31. The number of amides is 1. The van der Waals surface area contributed by atoms with Crippen molar-refractivity contribution in [1.82, 2.24) is 5.32 Å². The molecule has 13 heteroatoms. The van der Waals surface area contributed by atoms with Crippen molar-refractivity contribution >= 4 is 63.7 Å². The predicted molar refractivity (Wildman–Crippen MR) is 105 cm³/mol. The van der Waals surface area contributed by atoms with E-state index >= 15 is 0 Å². The summed E-state index contributed by atoms with van der Waals surface area (Å²) in [5.41, 5.74) is -1.75. The number of nitrogens with zero attached hydrogens (tertiary/aromatic N) is 1. The fraction of sp³-hybridized carbons (Fsp3) is 0.188. The number of rotatable bonds is 5. The zero-order valence-electron chi connectivity index (χ0n) is 13.9. The molecule has 29 heavy (non-hydrogen) atoms. The number of nitrogens with one attached hydrogen (secondary N) is 2. The molecule has 0 aliphatic rings. The van der Waals surface area contributed by atoms with Gasteiger partial charge in [0.2, 0.25) is 3.79 Å². The summed E-state index contributed by atoms with van der Waals surface area (Å²) in [6, 6.07) is 7.14. The summed E-state index contributed by atoms with van der Waals surface area (Å²) in [5.74, 6) is -0.874. The molecular formula is C16H10Cl4F3N3O3. The van der Waals surface area contributed by atoms with Crippen molar-refractivity contribution in [1.29, 1.82) is 0 Å². The lowest BCUT2D eigenvalue weighted by Gasteiger charge is -2.28. The van der Waals surface area contributed by atoms with Crippen LogP contribution in [0.5, 0.6) is 0 Å². The molecule has 0 saturated heterocycles. The van der Waals surface area contributed by atoms with E-state index in [2.05, 4.69) is 10.6 Å². The van der Waals surface area contributed by atoms with Gasteiger partial charge in [0.25, 0.3) is 11.6 Å². The van der Waals surface area contributed by atoms with Crippen LogP contribution in [0.15, 0.2) is 42.5 Å². The van der Waals surface area contributed by atoms with Crippen molar-refractivity contribution < 1.29 is 22.9 Å². The zero-order chi connectivity index (χ0) is 22.0. The minimum absolute atomic E-state index is 0.123. The maximum atomic E-state index is 12.9. The van der Waals surface area contributed by atoms with Gasteiger partial charge in [-0.2, -0.15) is 13.2 Å². The minimum Gasteiger partial charge on any atom is -0.361 e. The Morgan fingerprint density at radius 1 is 1.10 bits per heavy atom. The number of nitro benzene ring substituents is 1. The van der Waals surface area contributed by atoms with Crippen LogP contribution in [0.25, 0.3) is 0 Å². The lowest BCUT2D eigenvalue weighted by Crippen LogP contribution is -2.49. The van der Waals surface area contributed by atoms with Crippen molar-refractivity contribution in [2.24, 2.45) is 0 Å². The molecule has 2 aromatic rings. The summed E-state index contributed by atoms with van der Waals surface area (Å²) >= 11 is 23.4. The second kappa shape index (κ2) is 8.83. The van der Waals surface area contributed by atoms with Crippen LogP contribution in [0.3, 0.4) is 0 Å². The molecule has 2 aromatic carbocycles. The van der Waals surface area contributed by atoms with E-state index in [1.165, 1.54) is 18.2 Å². The average Bonchev–Trinajstić information content (AvgIpc) is 2.61. The van der Waals surface area contributed by atoms with Gasteiger partial charge in [-0.15, -0.1) is 0 Å². The molecule has 0 aliphatic heterocycles. The lowest BCUT2D eigenvalue weighted by molar-refractivity contribution is -0.384. The number of halogens is 7. The maximum Gasteiger partial charge on any atom is 0.416 e. The molecule has 0 unspecified atom stereocenters. The number of alkyl halides is 6. The molecule has 6 nitrogen and oxygen atoms in total.